The van der Waals surface area contributed by atoms with Gasteiger partial charge in [-0.25, -0.2) is 0 Å². The topological polar surface area (TPSA) is 74.6 Å². The molecule has 0 aliphatic carbocycles. The Hall–Kier alpha value is -1.06. The molecule has 0 rings (SSSR count). The highest BCUT2D eigenvalue weighted by Gasteiger charge is 2.19. The summed E-state index contributed by atoms with van der Waals surface area (Å²) >= 11 is 0. The highest BCUT2D eigenvalue weighted by molar-refractivity contribution is 5.77. The minimum atomic E-state index is -1.03. The van der Waals surface area contributed by atoms with Crippen LogP contribution in [0.25, 0.3) is 0 Å². The summed E-state index contributed by atoms with van der Waals surface area (Å²) < 4.78 is 0. The van der Waals surface area contributed by atoms with Crippen LogP contribution in [-0.2, 0) is 9.59 Å². The summed E-state index contributed by atoms with van der Waals surface area (Å²) in [6.45, 7) is 4.49. The third-order valence-corrected chi connectivity index (χ3v) is 3.60. The molecule has 0 aromatic heterocycles. The van der Waals surface area contributed by atoms with Gasteiger partial charge in [0.05, 0.1) is 12.3 Å². The average molecular weight is 286 g/mol. The summed E-state index contributed by atoms with van der Waals surface area (Å²) in [5.74, 6) is -1.95. The second-order valence-corrected chi connectivity index (χ2v) is 6.08. The van der Waals surface area contributed by atoms with Crippen LogP contribution in [0.5, 0.6) is 0 Å². The van der Waals surface area contributed by atoms with Gasteiger partial charge in [0.15, 0.2) is 0 Å². The number of unbranched alkanes of at least 4 members (excludes halogenated alkanes) is 6. The average Bonchev–Trinajstić information content (AvgIpc) is 2.34. The van der Waals surface area contributed by atoms with Gasteiger partial charge in [-0.15, -0.1) is 0 Å². The fourth-order valence-corrected chi connectivity index (χ4v) is 2.35. The van der Waals surface area contributed by atoms with Crippen LogP contribution in [0.4, 0.5) is 0 Å². The van der Waals surface area contributed by atoms with Gasteiger partial charge in [-0.2, -0.15) is 0 Å². The maximum atomic E-state index is 10.9. The summed E-state index contributed by atoms with van der Waals surface area (Å²) in [7, 11) is 0. The molecule has 4 nitrogen and oxygen atoms in total. The van der Waals surface area contributed by atoms with E-state index in [1.165, 1.54) is 32.1 Å². The van der Waals surface area contributed by atoms with Crippen LogP contribution < -0.4 is 0 Å². The van der Waals surface area contributed by atoms with Crippen molar-refractivity contribution in [3.63, 3.8) is 0 Å². The highest BCUT2D eigenvalue weighted by Crippen LogP contribution is 2.16. The van der Waals surface area contributed by atoms with Crippen LogP contribution >= 0.6 is 0 Å². The van der Waals surface area contributed by atoms with Crippen LogP contribution in [0, 0.1) is 11.8 Å². The molecule has 0 saturated carbocycles. The van der Waals surface area contributed by atoms with Gasteiger partial charge in [-0.05, 0) is 12.3 Å². The van der Waals surface area contributed by atoms with Crippen molar-refractivity contribution in [2.45, 2.75) is 78.1 Å². The van der Waals surface area contributed by atoms with Gasteiger partial charge in [0.25, 0.3) is 0 Å². The lowest BCUT2D eigenvalue weighted by Gasteiger charge is -2.09. The maximum absolute atomic E-state index is 10.9. The van der Waals surface area contributed by atoms with E-state index in [0.29, 0.717) is 6.42 Å². The molecule has 0 spiro atoms. The molecular weight excluding hydrogens is 256 g/mol. The number of carbonyl (C=O) groups is 2. The van der Waals surface area contributed by atoms with E-state index in [9.17, 15) is 9.59 Å². The van der Waals surface area contributed by atoms with E-state index in [4.69, 9.17) is 10.2 Å². The SMILES string of the molecule is CC(C)CCCCCCCCCC(CC(=O)O)C(=O)O. The molecule has 0 bridgehead atoms. The minimum Gasteiger partial charge on any atom is -0.481 e. The van der Waals surface area contributed by atoms with Crippen molar-refractivity contribution in [1.29, 1.82) is 0 Å². The van der Waals surface area contributed by atoms with Crippen molar-refractivity contribution in [3.8, 4) is 0 Å². The maximum Gasteiger partial charge on any atom is 0.307 e. The number of rotatable bonds is 13. The zero-order valence-electron chi connectivity index (χ0n) is 12.9. The zero-order valence-corrected chi connectivity index (χ0v) is 12.9. The number of carboxylic acids is 2. The Labute approximate surface area is 122 Å². The first kappa shape index (κ1) is 18.9. The molecule has 0 aliphatic heterocycles. The molecule has 0 fully saturated rings. The van der Waals surface area contributed by atoms with Crippen molar-refractivity contribution in [1.82, 2.24) is 0 Å². The minimum absolute atomic E-state index is 0.259. The summed E-state index contributed by atoms with van der Waals surface area (Å²) in [5.41, 5.74) is 0. The molecule has 1 unspecified atom stereocenters. The molecule has 4 heteroatoms. The Balaban J connectivity index is 3.45. The third kappa shape index (κ3) is 12.0. The molecular formula is C16H30O4. The summed E-state index contributed by atoms with van der Waals surface area (Å²) in [6, 6.07) is 0. The largest absolute Gasteiger partial charge is 0.481 e. The molecule has 0 saturated heterocycles. The summed E-state index contributed by atoms with van der Waals surface area (Å²) in [5, 5.41) is 17.5. The first-order valence-corrected chi connectivity index (χ1v) is 7.88. The zero-order chi connectivity index (χ0) is 15.4. The smallest absolute Gasteiger partial charge is 0.307 e. The van der Waals surface area contributed by atoms with Crippen LogP contribution in [0.1, 0.15) is 78.1 Å². The lowest BCUT2D eigenvalue weighted by Crippen LogP contribution is -2.17. The molecule has 0 aromatic rings. The Bertz CT molecular complexity index is 274. The van der Waals surface area contributed by atoms with E-state index in [1.807, 2.05) is 0 Å². The molecule has 0 heterocycles. The quantitative estimate of drug-likeness (QED) is 0.494. The molecule has 0 amide bonds. The third-order valence-electron chi connectivity index (χ3n) is 3.60. The van der Waals surface area contributed by atoms with Crippen molar-refractivity contribution in [3.05, 3.63) is 0 Å². The van der Waals surface area contributed by atoms with E-state index in [1.54, 1.807) is 0 Å². The van der Waals surface area contributed by atoms with E-state index >= 15 is 0 Å². The predicted molar refractivity (Wildman–Crippen MR) is 79.8 cm³/mol. The van der Waals surface area contributed by atoms with Crippen LogP contribution in [0.2, 0.25) is 0 Å². The molecule has 0 radical (unpaired) electrons. The highest BCUT2D eigenvalue weighted by atomic mass is 16.4. The second-order valence-electron chi connectivity index (χ2n) is 6.08. The first-order valence-electron chi connectivity index (χ1n) is 7.88. The van der Waals surface area contributed by atoms with Gasteiger partial charge in [0, 0.05) is 0 Å². The molecule has 0 aromatic carbocycles. The van der Waals surface area contributed by atoms with Crippen molar-refractivity contribution < 1.29 is 19.8 Å². The Morgan fingerprint density at radius 1 is 0.800 bits per heavy atom. The first-order chi connectivity index (χ1) is 9.43. The number of aliphatic carboxylic acids is 2. The summed E-state index contributed by atoms with van der Waals surface area (Å²) in [6.07, 6.45) is 9.52. The summed E-state index contributed by atoms with van der Waals surface area (Å²) in [4.78, 5) is 21.4. The Morgan fingerprint density at radius 3 is 1.65 bits per heavy atom. The molecule has 1 atom stereocenters. The monoisotopic (exact) mass is 286 g/mol. The van der Waals surface area contributed by atoms with Crippen LogP contribution in [0.15, 0.2) is 0 Å². The fourth-order valence-electron chi connectivity index (χ4n) is 2.35. The second kappa shape index (κ2) is 11.7. The van der Waals surface area contributed by atoms with E-state index in [2.05, 4.69) is 13.8 Å². The molecule has 0 aliphatic rings. The van der Waals surface area contributed by atoms with E-state index in [-0.39, 0.29) is 6.42 Å². The van der Waals surface area contributed by atoms with Gasteiger partial charge in [0.2, 0.25) is 0 Å². The van der Waals surface area contributed by atoms with Crippen molar-refractivity contribution >= 4 is 11.9 Å². The van der Waals surface area contributed by atoms with Gasteiger partial charge in [-0.3, -0.25) is 9.59 Å². The van der Waals surface area contributed by atoms with Crippen molar-refractivity contribution in [2.75, 3.05) is 0 Å². The van der Waals surface area contributed by atoms with Crippen LogP contribution in [-0.4, -0.2) is 22.2 Å². The number of hydrogen-bond donors (Lipinski definition) is 2. The van der Waals surface area contributed by atoms with Crippen molar-refractivity contribution in [2.24, 2.45) is 11.8 Å². The number of carboxylic acid groups (broad SMARTS) is 2. The van der Waals surface area contributed by atoms with E-state index in [0.717, 1.165) is 25.2 Å². The molecule has 2 N–H and O–H groups in total. The standard InChI is InChI=1S/C16H30O4/c1-13(2)10-8-6-4-3-5-7-9-11-14(16(19)20)12-15(17)18/h13-14H,3-12H2,1-2H3,(H,17,18)(H,19,20). The fraction of sp³-hybridized carbons (Fsp3) is 0.875. The number of hydrogen-bond acceptors (Lipinski definition) is 2. The lowest BCUT2D eigenvalue weighted by molar-refractivity contribution is -0.148. The normalized spacial score (nSPS) is 12.6. The van der Waals surface area contributed by atoms with Crippen LogP contribution in [0.3, 0.4) is 0 Å². The lowest BCUT2D eigenvalue weighted by atomic mass is 9.97. The predicted octanol–water partition coefficient (Wildman–Crippen LogP) is 4.33. The molecule has 20 heavy (non-hydrogen) atoms. The van der Waals surface area contributed by atoms with E-state index < -0.39 is 17.9 Å². The van der Waals surface area contributed by atoms with Gasteiger partial charge in [0.1, 0.15) is 0 Å². The van der Waals surface area contributed by atoms with Gasteiger partial charge in [-0.1, -0.05) is 65.2 Å². The Morgan fingerprint density at radius 2 is 1.25 bits per heavy atom. The Kier molecular flexibility index (Phi) is 11.1. The van der Waals surface area contributed by atoms with Gasteiger partial charge >= 0.3 is 11.9 Å². The van der Waals surface area contributed by atoms with Gasteiger partial charge < -0.3 is 10.2 Å². The molecule has 118 valence electrons.